The minimum Gasteiger partial charge on any atom is -0.497 e. The van der Waals surface area contributed by atoms with Gasteiger partial charge in [0.2, 0.25) is 0 Å². The van der Waals surface area contributed by atoms with Crippen LogP contribution in [0.3, 0.4) is 0 Å². The molecule has 0 unspecified atom stereocenters. The quantitative estimate of drug-likeness (QED) is 0.638. The Bertz CT molecular complexity index is 824. The van der Waals surface area contributed by atoms with Gasteiger partial charge in [0, 0.05) is 57.9 Å². The molecule has 0 saturated carbocycles. The number of aromatic nitrogens is 3. The van der Waals surface area contributed by atoms with E-state index in [1.807, 2.05) is 19.2 Å². The number of rotatable bonds is 4. The van der Waals surface area contributed by atoms with E-state index in [1.54, 1.807) is 7.11 Å². The average Bonchev–Trinajstić information content (AvgIpc) is 3.18. The molecule has 3 heterocycles. The predicted octanol–water partition coefficient (Wildman–Crippen LogP) is 1.52. The first-order chi connectivity index (χ1) is 13.8. The van der Waals surface area contributed by atoms with Crippen molar-refractivity contribution in [3.8, 4) is 5.75 Å². The van der Waals surface area contributed by atoms with Crippen LogP contribution in [-0.4, -0.2) is 66.0 Å². The highest BCUT2D eigenvalue weighted by atomic mass is 16.5. The van der Waals surface area contributed by atoms with Crippen LogP contribution in [0.5, 0.6) is 5.75 Å². The van der Waals surface area contributed by atoms with Crippen LogP contribution in [0.1, 0.15) is 24.5 Å². The van der Waals surface area contributed by atoms with Gasteiger partial charge in [0.1, 0.15) is 11.6 Å². The smallest absolute Gasteiger partial charge is 0.194 e. The molecule has 1 aromatic carbocycles. The van der Waals surface area contributed by atoms with Crippen molar-refractivity contribution < 1.29 is 4.74 Å². The number of hydrogen-bond donors (Lipinski definition) is 1. The Labute approximate surface area is 166 Å². The summed E-state index contributed by atoms with van der Waals surface area (Å²) in [5.41, 5.74) is 1.21. The molecule has 150 valence electrons. The summed E-state index contributed by atoms with van der Waals surface area (Å²) in [4.78, 5) is 9.18. The van der Waals surface area contributed by atoms with Crippen LogP contribution in [-0.2, 0) is 19.5 Å². The molecular weight excluding hydrogens is 354 g/mol. The molecule has 0 spiro atoms. The number of piperazine rings is 1. The van der Waals surface area contributed by atoms with Crippen LogP contribution >= 0.6 is 0 Å². The number of fused-ring (bicyclic) bond motifs is 1. The molecule has 2 aromatic rings. The first-order valence-corrected chi connectivity index (χ1v) is 10.0. The third-order valence-corrected chi connectivity index (χ3v) is 5.55. The van der Waals surface area contributed by atoms with Crippen molar-refractivity contribution in [2.24, 2.45) is 4.99 Å². The van der Waals surface area contributed by atoms with Crippen LogP contribution in [0.2, 0.25) is 0 Å². The third kappa shape index (κ3) is 3.90. The Balaban J connectivity index is 1.33. The van der Waals surface area contributed by atoms with Crippen molar-refractivity contribution >= 4 is 11.6 Å². The van der Waals surface area contributed by atoms with Crippen molar-refractivity contribution in [3.63, 3.8) is 0 Å². The van der Waals surface area contributed by atoms with E-state index in [4.69, 9.17) is 4.74 Å². The second kappa shape index (κ2) is 8.50. The SMILES string of the molecule is CN=C(NCc1nnc2n1CCCC2)N1CCN(c2cccc(OC)c2)CC1. The molecule has 0 amide bonds. The fraction of sp³-hybridized carbons (Fsp3) is 0.550. The van der Waals surface area contributed by atoms with Crippen LogP contribution < -0.4 is 15.0 Å². The molecule has 4 rings (SSSR count). The first kappa shape index (κ1) is 18.6. The minimum absolute atomic E-state index is 0.662. The fourth-order valence-electron chi connectivity index (χ4n) is 3.97. The summed E-state index contributed by atoms with van der Waals surface area (Å²) in [5.74, 6) is 3.95. The van der Waals surface area contributed by atoms with E-state index < -0.39 is 0 Å². The monoisotopic (exact) mass is 383 g/mol. The second-order valence-electron chi connectivity index (χ2n) is 7.22. The van der Waals surface area contributed by atoms with E-state index in [9.17, 15) is 0 Å². The molecule has 8 nitrogen and oxygen atoms in total. The third-order valence-electron chi connectivity index (χ3n) is 5.55. The van der Waals surface area contributed by atoms with Gasteiger partial charge in [0.25, 0.3) is 0 Å². The molecule has 1 N–H and O–H groups in total. The van der Waals surface area contributed by atoms with Gasteiger partial charge in [0.05, 0.1) is 13.7 Å². The van der Waals surface area contributed by atoms with Crippen molar-refractivity contribution in [1.82, 2.24) is 25.0 Å². The fourth-order valence-corrected chi connectivity index (χ4v) is 3.97. The van der Waals surface area contributed by atoms with E-state index in [-0.39, 0.29) is 0 Å². The zero-order valence-electron chi connectivity index (χ0n) is 16.8. The highest BCUT2D eigenvalue weighted by Crippen LogP contribution is 2.22. The molecule has 1 fully saturated rings. The lowest BCUT2D eigenvalue weighted by atomic mass is 10.2. The summed E-state index contributed by atoms with van der Waals surface area (Å²) in [7, 11) is 3.55. The summed E-state index contributed by atoms with van der Waals surface area (Å²) < 4.78 is 7.60. The molecule has 2 aliphatic rings. The number of guanidine groups is 1. The van der Waals surface area contributed by atoms with Crippen molar-refractivity contribution in [1.29, 1.82) is 0 Å². The number of nitrogens with one attached hydrogen (secondary N) is 1. The second-order valence-corrected chi connectivity index (χ2v) is 7.22. The van der Waals surface area contributed by atoms with Gasteiger partial charge in [-0.3, -0.25) is 4.99 Å². The molecule has 2 aliphatic heterocycles. The van der Waals surface area contributed by atoms with Crippen molar-refractivity contribution in [2.45, 2.75) is 32.4 Å². The van der Waals surface area contributed by atoms with Gasteiger partial charge >= 0.3 is 0 Å². The van der Waals surface area contributed by atoms with E-state index in [0.717, 1.165) is 62.5 Å². The number of nitrogens with zero attached hydrogens (tertiary/aromatic N) is 6. The molecule has 0 bridgehead atoms. The highest BCUT2D eigenvalue weighted by Gasteiger charge is 2.21. The lowest BCUT2D eigenvalue weighted by Crippen LogP contribution is -2.52. The first-order valence-electron chi connectivity index (χ1n) is 10.0. The largest absolute Gasteiger partial charge is 0.497 e. The molecule has 0 atom stereocenters. The Morgan fingerprint density at radius 1 is 1.14 bits per heavy atom. The highest BCUT2D eigenvalue weighted by molar-refractivity contribution is 5.80. The van der Waals surface area contributed by atoms with Gasteiger partial charge in [-0.15, -0.1) is 10.2 Å². The standard InChI is InChI=1S/C20H29N7O/c1-21-20(22-15-19-24-23-18-8-3-4-9-27(18)19)26-12-10-25(11-13-26)16-6-5-7-17(14-16)28-2/h5-7,14H,3-4,8-13,15H2,1-2H3,(H,21,22). The van der Waals surface area contributed by atoms with Crippen molar-refractivity contribution in [3.05, 3.63) is 35.9 Å². The number of ether oxygens (including phenoxy) is 1. The maximum Gasteiger partial charge on any atom is 0.194 e. The molecule has 8 heteroatoms. The number of aryl methyl sites for hydroxylation is 1. The molecule has 0 radical (unpaired) electrons. The lowest BCUT2D eigenvalue weighted by Gasteiger charge is -2.37. The Morgan fingerprint density at radius 3 is 2.79 bits per heavy atom. The number of hydrogen-bond acceptors (Lipinski definition) is 5. The Morgan fingerprint density at radius 2 is 2.00 bits per heavy atom. The summed E-state index contributed by atoms with van der Waals surface area (Å²) in [6.07, 6.45) is 3.46. The van der Waals surface area contributed by atoms with E-state index >= 15 is 0 Å². The minimum atomic E-state index is 0.662. The normalized spacial score (nSPS) is 17.4. The van der Waals surface area contributed by atoms with Gasteiger partial charge in [-0.25, -0.2) is 0 Å². The predicted molar refractivity (Wildman–Crippen MR) is 110 cm³/mol. The Kier molecular flexibility index (Phi) is 5.64. The Hall–Kier alpha value is -2.77. The van der Waals surface area contributed by atoms with Crippen molar-refractivity contribution in [2.75, 3.05) is 45.2 Å². The topological polar surface area (TPSA) is 70.8 Å². The molecule has 1 aromatic heterocycles. The number of benzene rings is 1. The van der Waals surface area contributed by atoms with Crippen LogP contribution in [0.4, 0.5) is 5.69 Å². The molecular formula is C20H29N7O. The summed E-state index contributed by atoms with van der Waals surface area (Å²) in [6.45, 7) is 5.44. The number of anilines is 1. The zero-order valence-corrected chi connectivity index (χ0v) is 16.8. The van der Waals surface area contributed by atoms with Gasteiger partial charge in [-0.2, -0.15) is 0 Å². The van der Waals surface area contributed by atoms with Gasteiger partial charge in [0.15, 0.2) is 11.8 Å². The lowest BCUT2D eigenvalue weighted by molar-refractivity contribution is 0.370. The maximum atomic E-state index is 5.35. The van der Waals surface area contributed by atoms with Gasteiger partial charge < -0.3 is 24.4 Å². The average molecular weight is 384 g/mol. The molecule has 28 heavy (non-hydrogen) atoms. The van der Waals surface area contributed by atoms with Crippen LogP contribution in [0.25, 0.3) is 0 Å². The van der Waals surface area contributed by atoms with E-state index in [1.165, 1.54) is 18.5 Å². The maximum absolute atomic E-state index is 5.35. The van der Waals surface area contributed by atoms with Crippen LogP contribution in [0.15, 0.2) is 29.3 Å². The molecule has 0 aliphatic carbocycles. The van der Waals surface area contributed by atoms with Gasteiger partial charge in [-0.1, -0.05) is 6.07 Å². The van der Waals surface area contributed by atoms with E-state index in [2.05, 4.69) is 47.0 Å². The zero-order chi connectivity index (χ0) is 19.3. The number of methoxy groups -OCH3 is 1. The van der Waals surface area contributed by atoms with Gasteiger partial charge in [-0.05, 0) is 25.0 Å². The summed E-state index contributed by atoms with van der Waals surface area (Å²) >= 11 is 0. The summed E-state index contributed by atoms with van der Waals surface area (Å²) in [5, 5.41) is 12.2. The summed E-state index contributed by atoms with van der Waals surface area (Å²) in [6, 6.07) is 8.26. The van der Waals surface area contributed by atoms with Crippen LogP contribution in [0, 0.1) is 0 Å². The molecule has 1 saturated heterocycles. The van der Waals surface area contributed by atoms with E-state index in [0.29, 0.717) is 6.54 Å². The number of aliphatic imine (C=N–C) groups is 1.